The quantitative estimate of drug-likeness (QED) is 0.837. The van der Waals surface area contributed by atoms with Gasteiger partial charge >= 0.3 is 0 Å². The van der Waals surface area contributed by atoms with Gasteiger partial charge in [-0.1, -0.05) is 42.5 Å². The molecule has 6 heteroatoms. The molecule has 1 atom stereocenters. The third-order valence-corrected chi connectivity index (χ3v) is 4.07. The molecule has 1 amide bonds. The Bertz CT molecular complexity index is 803. The molecule has 5 nitrogen and oxygen atoms in total. The third kappa shape index (κ3) is 3.91. The first-order valence-electron chi connectivity index (χ1n) is 7.95. The van der Waals surface area contributed by atoms with Gasteiger partial charge in [0.15, 0.2) is 0 Å². The number of nitrogens with zero attached hydrogens (tertiary/aromatic N) is 2. The Hall–Kier alpha value is -3.02. The van der Waals surface area contributed by atoms with Crippen LogP contribution >= 0.6 is 0 Å². The molecule has 1 heterocycles. The molecule has 128 valence electrons. The van der Waals surface area contributed by atoms with E-state index < -0.39 is 11.9 Å². The van der Waals surface area contributed by atoms with Crippen LogP contribution in [0, 0.1) is 5.82 Å². The first-order chi connectivity index (χ1) is 12.0. The smallest absolute Gasteiger partial charge is 0.243 e. The Morgan fingerprint density at radius 3 is 2.40 bits per heavy atom. The van der Waals surface area contributed by atoms with E-state index in [0.29, 0.717) is 6.42 Å². The lowest BCUT2D eigenvalue weighted by Gasteiger charge is -2.22. The van der Waals surface area contributed by atoms with Crippen LogP contribution in [0.1, 0.15) is 36.4 Å². The predicted molar refractivity (Wildman–Crippen MR) is 87.8 cm³/mol. The molecular formula is C19H16FN2O3-. The fourth-order valence-corrected chi connectivity index (χ4v) is 2.81. The average molecular weight is 339 g/mol. The number of benzene rings is 2. The highest BCUT2D eigenvalue weighted by Gasteiger charge is 2.32. The summed E-state index contributed by atoms with van der Waals surface area (Å²) in [7, 11) is 0. The van der Waals surface area contributed by atoms with E-state index in [-0.39, 0.29) is 24.7 Å². The number of halogens is 1. The van der Waals surface area contributed by atoms with E-state index in [1.54, 1.807) is 12.1 Å². The molecule has 2 aromatic rings. The zero-order valence-electron chi connectivity index (χ0n) is 13.4. The number of carboxylic acid groups (broad SMARTS) is 1. The first kappa shape index (κ1) is 16.8. The molecule has 2 aromatic carbocycles. The highest BCUT2D eigenvalue weighted by Crippen LogP contribution is 2.33. The van der Waals surface area contributed by atoms with Crippen LogP contribution in [0.5, 0.6) is 0 Å². The van der Waals surface area contributed by atoms with Gasteiger partial charge in [0.2, 0.25) is 5.91 Å². The van der Waals surface area contributed by atoms with Crippen LogP contribution < -0.4 is 5.11 Å². The monoisotopic (exact) mass is 339 g/mol. The van der Waals surface area contributed by atoms with Crippen LogP contribution in [0.3, 0.4) is 0 Å². The van der Waals surface area contributed by atoms with Gasteiger partial charge in [0, 0.05) is 18.8 Å². The van der Waals surface area contributed by atoms with Crippen molar-refractivity contribution in [2.45, 2.75) is 25.3 Å². The molecular weight excluding hydrogens is 323 g/mol. The van der Waals surface area contributed by atoms with E-state index in [9.17, 15) is 19.1 Å². The summed E-state index contributed by atoms with van der Waals surface area (Å²) in [5.41, 5.74) is 2.37. The SMILES string of the molecule is O=C([O-])CCC(=O)N1N=C(c2ccccc2)C[C@@H]1c1ccc(F)cc1. The zero-order valence-corrected chi connectivity index (χ0v) is 13.4. The van der Waals surface area contributed by atoms with Crippen LogP contribution in [-0.4, -0.2) is 22.6 Å². The molecule has 0 radical (unpaired) electrons. The number of aliphatic carboxylic acids is 1. The van der Waals surface area contributed by atoms with Crippen molar-refractivity contribution in [1.82, 2.24) is 5.01 Å². The van der Waals surface area contributed by atoms with Gasteiger partial charge in [-0.15, -0.1) is 0 Å². The summed E-state index contributed by atoms with van der Waals surface area (Å²) in [6, 6.07) is 15.0. The van der Waals surface area contributed by atoms with E-state index in [1.807, 2.05) is 30.3 Å². The molecule has 0 spiro atoms. The molecule has 0 unspecified atom stereocenters. The number of amides is 1. The van der Waals surface area contributed by atoms with Crippen molar-refractivity contribution in [3.63, 3.8) is 0 Å². The maximum absolute atomic E-state index is 13.2. The van der Waals surface area contributed by atoms with Crippen LogP contribution in [0.2, 0.25) is 0 Å². The van der Waals surface area contributed by atoms with Gasteiger partial charge in [0.25, 0.3) is 0 Å². The van der Waals surface area contributed by atoms with Crippen molar-refractivity contribution in [2.24, 2.45) is 5.10 Å². The van der Waals surface area contributed by atoms with Gasteiger partial charge in [-0.3, -0.25) is 4.79 Å². The number of carbonyl (C=O) groups is 2. The maximum atomic E-state index is 13.2. The van der Waals surface area contributed by atoms with Gasteiger partial charge in [0.1, 0.15) is 5.82 Å². The summed E-state index contributed by atoms with van der Waals surface area (Å²) < 4.78 is 13.2. The molecule has 0 saturated carbocycles. The molecule has 0 aliphatic carbocycles. The Morgan fingerprint density at radius 1 is 1.08 bits per heavy atom. The molecule has 0 aromatic heterocycles. The van der Waals surface area contributed by atoms with Gasteiger partial charge < -0.3 is 9.90 Å². The lowest BCUT2D eigenvalue weighted by Crippen LogP contribution is -2.29. The average Bonchev–Trinajstić information content (AvgIpc) is 3.06. The molecule has 0 N–H and O–H groups in total. The lowest BCUT2D eigenvalue weighted by molar-refractivity contribution is -0.305. The van der Waals surface area contributed by atoms with E-state index >= 15 is 0 Å². The molecule has 0 saturated heterocycles. The number of hydrogen-bond acceptors (Lipinski definition) is 4. The predicted octanol–water partition coefficient (Wildman–Crippen LogP) is 2.03. The van der Waals surface area contributed by atoms with E-state index in [2.05, 4.69) is 5.10 Å². The molecule has 25 heavy (non-hydrogen) atoms. The van der Waals surface area contributed by atoms with Crippen molar-refractivity contribution < 1.29 is 19.1 Å². The largest absolute Gasteiger partial charge is 0.550 e. The van der Waals surface area contributed by atoms with Gasteiger partial charge in [-0.05, 0) is 29.7 Å². The van der Waals surface area contributed by atoms with Crippen molar-refractivity contribution in [2.75, 3.05) is 0 Å². The Kier molecular flexibility index (Phi) is 4.88. The number of hydrazone groups is 1. The summed E-state index contributed by atoms with van der Waals surface area (Å²) in [6.45, 7) is 0. The standard InChI is InChI=1S/C19H17FN2O3/c20-15-8-6-14(7-9-15)17-12-16(13-4-2-1-3-5-13)21-22(17)18(23)10-11-19(24)25/h1-9,17H,10-12H2,(H,24,25)/p-1/t17-/m1/s1. The van der Waals surface area contributed by atoms with E-state index in [1.165, 1.54) is 17.1 Å². The summed E-state index contributed by atoms with van der Waals surface area (Å²) in [5.74, 6) is -2.04. The van der Waals surface area contributed by atoms with Crippen molar-refractivity contribution in [3.8, 4) is 0 Å². The fraction of sp³-hybridized carbons (Fsp3) is 0.211. The van der Waals surface area contributed by atoms with Crippen LogP contribution in [0.15, 0.2) is 59.7 Å². The van der Waals surface area contributed by atoms with Crippen LogP contribution in [-0.2, 0) is 9.59 Å². The topological polar surface area (TPSA) is 72.8 Å². The fourth-order valence-electron chi connectivity index (χ4n) is 2.81. The molecule has 0 bridgehead atoms. The highest BCUT2D eigenvalue weighted by atomic mass is 19.1. The third-order valence-electron chi connectivity index (χ3n) is 4.07. The van der Waals surface area contributed by atoms with Gasteiger partial charge in [-0.25, -0.2) is 9.40 Å². The molecule has 1 aliphatic heterocycles. The second-order valence-electron chi connectivity index (χ2n) is 5.79. The zero-order chi connectivity index (χ0) is 17.8. The van der Waals surface area contributed by atoms with Crippen molar-refractivity contribution >= 4 is 17.6 Å². The lowest BCUT2D eigenvalue weighted by atomic mass is 9.98. The number of hydrogen-bond donors (Lipinski definition) is 0. The number of carboxylic acids is 1. The van der Waals surface area contributed by atoms with Gasteiger partial charge in [-0.2, -0.15) is 5.10 Å². The normalized spacial score (nSPS) is 16.6. The van der Waals surface area contributed by atoms with E-state index in [4.69, 9.17) is 0 Å². The Labute approximate surface area is 144 Å². The molecule has 3 rings (SSSR count). The summed E-state index contributed by atoms with van der Waals surface area (Å²) >= 11 is 0. The first-order valence-corrected chi connectivity index (χ1v) is 7.95. The summed E-state index contributed by atoms with van der Waals surface area (Å²) in [6.07, 6.45) is -0.0695. The Balaban J connectivity index is 1.89. The Morgan fingerprint density at radius 2 is 1.76 bits per heavy atom. The highest BCUT2D eigenvalue weighted by molar-refractivity contribution is 6.03. The minimum atomic E-state index is -1.28. The second kappa shape index (κ2) is 7.25. The van der Waals surface area contributed by atoms with Crippen molar-refractivity contribution in [1.29, 1.82) is 0 Å². The van der Waals surface area contributed by atoms with Gasteiger partial charge in [0.05, 0.1) is 11.8 Å². The van der Waals surface area contributed by atoms with E-state index in [0.717, 1.165) is 16.8 Å². The summed E-state index contributed by atoms with van der Waals surface area (Å²) in [5, 5.41) is 16.3. The second-order valence-corrected chi connectivity index (χ2v) is 5.79. The maximum Gasteiger partial charge on any atom is 0.243 e. The van der Waals surface area contributed by atoms with Crippen molar-refractivity contribution in [3.05, 3.63) is 71.5 Å². The minimum Gasteiger partial charge on any atom is -0.550 e. The number of carbonyl (C=O) groups excluding carboxylic acids is 2. The van der Waals surface area contributed by atoms with Crippen LogP contribution in [0.4, 0.5) is 4.39 Å². The number of rotatable bonds is 5. The molecule has 0 fully saturated rings. The summed E-state index contributed by atoms with van der Waals surface area (Å²) in [4.78, 5) is 23.1. The molecule has 1 aliphatic rings. The van der Waals surface area contributed by atoms with Crippen LogP contribution in [0.25, 0.3) is 0 Å². The minimum absolute atomic E-state index is 0.189.